The van der Waals surface area contributed by atoms with Gasteiger partial charge in [0, 0.05) is 11.6 Å². The third-order valence-corrected chi connectivity index (χ3v) is 7.57. The van der Waals surface area contributed by atoms with Crippen LogP contribution in [0.3, 0.4) is 0 Å². The summed E-state index contributed by atoms with van der Waals surface area (Å²) in [4.78, 5) is 13.1. The van der Waals surface area contributed by atoms with Crippen molar-refractivity contribution in [3.63, 3.8) is 0 Å². The molecule has 0 heterocycles. The van der Waals surface area contributed by atoms with E-state index in [1.807, 2.05) is 66.7 Å². The first-order valence-electron chi connectivity index (χ1n) is 10.4. The van der Waals surface area contributed by atoms with Gasteiger partial charge >= 0.3 is 0 Å². The van der Waals surface area contributed by atoms with E-state index in [1.165, 1.54) is 0 Å². The molecule has 0 aliphatic heterocycles. The fourth-order valence-electron chi connectivity index (χ4n) is 4.71. The van der Waals surface area contributed by atoms with E-state index < -0.39 is 9.75 Å². The van der Waals surface area contributed by atoms with Gasteiger partial charge in [-0.25, -0.2) is 5.43 Å². The zero-order valence-corrected chi connectivity index (χ0v) is 18.4. The molecule has 2 aliphatic carbocycles. The van der Waals surface area contributed by atoms with E-state index in [-0.39, 0.29) is 17.2 Å². The molecule has 0 bridgehead atoms. The predicted molar refractivity (Wildman–Crippen MR) is 126 cm³/mol. The van der Waals surface area contributed by atoms with Gasteiger partial charge in [-0.15, -0.1) is 23.2 Å². The maximum absolute atomic E-state index is 13.1. The van der Waals surface area contributed by atoms with Crippen molar-refractivity contribution in [3.8, 4) is 0 Å². The molecule has 0 saturated heterocycles. The number of alkyl halides is 2. The predicted octanol–water partition coefficient (Wildman–Crippen LogP) is 5.61. The summed E-state index contributed by atoms with van der Waals surface area (Å²) in [6, 6.07) is 30.2. The Morgan fingerprint density at radius 2 is 1.29 bits per heavy atom. The second kappa shape index (κ2) is 7.51. The largest absolute Gasteiger partial charge is 0.273 e. The average molecular weight is 449 g/mol. The Labute approximate surface area is 192 Å². The van der Waals surface area contributed by atoms with E-state index in [0.29, 0.717) is 6.42 Å². The second-order valence-electron chi connectivity index (χ2n) is 8.41. The number of amides is 1. The molecule has 2 atom stereocenters. The maximum Gasteiger partial charge on any atom is 0.244 e. The van der Waals surface area contributed by atoms with Crippen molar-refractivity contribution in [3.05, 3.63) is 108 Å². The van der Waals surface area contributed by atoms with Crippen LogP contribution in [0.25, 0.3) is 0 Å². The Hall–Kier alpha value is -2.62. The quantitative estimate of drug-likeness (QED) is 0.297. The number of carbonyl (C=O) groups excluding carboxylic acids is 1. The van der Waals surface area contributed by atoms with Crippen molar-refractivity contribution in [1.29, 1.82) is 0 Å². The first-order valence-corrected chi connectivity index (χ1v) is 11.1. The Morgan fingerprint density at radius 3 is 1.74 bits per heavy atom. The van der Waals surface area contributed by atoms with Gasteiger partial charge in [0.1, 0.15) is 4.33 Å². The van der Waals surface area contributed by atoms with E-state index >= 15 is 0 Å². The molecule has 2 unspecified atom stereocenters. The number of nitrogens with zero attached hydrogens (tertiary/aromatic N) is 1. The van der Waals surface area contributed by atoms with Gasteiger partial charge in [0.15, 0.2) is 0 Å². The van der Waals surface area contributed by atoms with Gasteiger partial charge in [0.05, 0.1) is 11.3 Å². The Kier molecular flexibility index (Phi) is 4.91. The Morgan fingerprint density at radius 1 is 0.839 bits per heavy atom. The average Bonchev–Trinajstić information content (AvgIpc) is 3.69. The molecule has 31 heavy (non-hydrogen) atoms. The van der Waals surface area contributed by atoms with Gasteiger partial charge in [-0.05, 0) is 29.5 Å². The van der Waals surface area contributed by atoms with Crippen LogP contribution in [-0.4, -0.2) is 16.5 Å². The monoisotopic (exact) mass is 448 g/mol. The van der Waals surface area contributed by atoms with Gasteiger partial charge in [-0.2, -0.15) is 5.10 Å². The minimum Gasteiger partial charge on any atom is -0.273 e. The van der Waals surface area contributed by atoms with Crippen LogP contribution in [0.1, 0.15) is 29.5 Å². The molecule has 5 rings (SSSR count). The number of hydrazone groups is 1. The summed E-state index contributed by atoms with van der Waals surface area (Å²) in [6.45, 7) is 0. The number of hydrogen-bond acceptors (Lipinski definition) is 2. The zero-order valence-electron chi connectivity index (χ0n) is 16.8. The highest BCUT2D eigenvalue weighted by Gasteiger charge is 2.66. The van der Waals surface area contributed by atoms with Crippen LogP contribution in [0.5, 0.6) is 0 Å². The maximum atomic E-state index is 13.1. The molecule has 2 fully saturated rings. The molecule has 2 aliphatic rings. The molecule has 2 saturated carbocycles. The van der Waals surface area contributed by atoms with Crippen molar-refractivity contribution < 1.29 is 4.79 Å². The van der Waals surface area contributed by atoms with Crippen LogP contribution in [-0.2, 0) is 15.6 Å². The van der Waals surface area contributed by atoms with Crippen molar-refractivity contribution in [2.75, 3.05) is 0 Å². The van der Waals surface area contributed by atoms with Gasteiger partial charge in [0.25, 0.3) is 0 Å². The number of halogens is 2. The van der Waals surface area contributed by atoms with Crippen molar-refractivity contribution in [2.24, 2.45) is 11.0 Å². The van der Waals surface area contributed by atoms with Crippen molar-refractivity contribution in [1.82, 2.24) is 5.43 Å². The fourth-order valence-corrected chi connectivity index (χ4v) is 5.45. The number of hydrogen-bond donors (Lipinski definition) is 1. The standard InChI is InChI=1S/C26H22Cl2N2O/c27-26(28)17-24(26,19-10-4-1-5-11-19)18-29-30-23(31)22-16-25(22,20-12-6-2-7-13-20)21-14-8-3-9-15-21/h1-15,18,22H,16-17H2,(H,30,31). The summed E-state index contributed by atoms with van der Waals surface area (Å²) >= 11 is 12.9. The third-order valence-electron chi connectivity index (χ3n) is 6.63. The first kappa shape index (κ1) is 20.3. The molecule has 1 amide bonds. The summed E-state index contributed by atoms with van der Waals surface area (Å²) < 4.78 is -0.917. The molecule has 156 valence electrons. The minimum absolute atomic E-state index is 0.0948. The molecular weight excluding hydrogens is 427 g/mol. The molecule has 1 N–H and O–H groups in total. The highest BCUT2D eigenvalue weighted by molar-refractivity contribution is 6.53. The Balaban J connectivity index is 1.37. The molecule has 5 heteroatoms. The molecule has 3 aromatic carbocycles. The highest BCUT2D eigenvalue weighted by Crippen LogP contribution is 2.63. The molecule has 3 aromatic rings. The van der Waals surface area contributed by atoms with E-state index in [2.05, 4.69) is 34.8 Å². The molecule has 0 aromatic heterocycles. The van der Waals surface area contributed by atoms with E-state index in [1.54, 1.807) is 6.21 Å². The van der Waals surface area contributed by atoms with E-state index in [0.717, 1.165) is 23.1 Å². The lowest BCUT2D eigenvalue weighted by atomic mass is 9.85. The van der Waals surface area contributed by atoms with Crippen LogP contribution >= 0.6 is 23.2 Å². The van der Waals surface area contributed by atoms with Gasteiger partial charge in [-0.1, -0.05) is 91.0 Å². The van der Waals surface area contributed by atoms with Crippen LogP contribution in [0.4, 0.5) is 0 Å². The fraction of sp³-hybridized carbons (Fsp3) is 0.231. The number of nitrogens with one attached hydrogen (secondary N) is 1. The van der Waals surface area contributed by atoms with Crippen molar-refractivity contribution in [2.45, 2.75) is 28.0 Å². The summed E-state index contributed by atoms with van der Waals surface area (Å²) in [5.74, 6) is -0.277. The molecule has 0 radical (unpaired) electrons. The first-order chi connectivity index (χ1) is 15.0. The van der Waals surface area contributed by atoms with Gasteiger partial charge in [-0.3, -0.25) is 4.79 Å². The highest BCUT2D eigenvalue weighted by atomic mass is 35.5. The normalized spacial score (nSPS) is 25.2. The van der Waals surface area contributed by atoms with Crippen LogP contribution < -0.4 is 5.43 Å². The van der Waals surface area contributed by atoms with Gasteiger partial charge < -0.3 is 0 Å². The second-order valence-corrected chi connectivity index (χ2v) is 9.90. The number of carbonyl (C=O) groups is 1. The lowest BCUT2D eigenvalue weighted by molar-refractivity contribution is -0.122. The minimum atomic E-state index is -0.917. The molecular formula is C26H22Cl2N2O. The lowest BCUT2D eigenvalue weighted by Crippen LogP contribution is -2.27. The summed E-state index contributed by atoms with van der Waals surface area (Å²) in [6.07, 6.45) is 3.00. The molecule has 3 nitrogen and oxygen atoms in total. The zero-order chi connectivity index (χ0) is 21.5. The smallest absolute Gasteiger partial charge is 0.244 e. The van der Waals surface area contributed by atoms with Crippen LogP contribution in [0, 0.1) is 5.92 Å². The van der Waals surface area contributed by atoms with Gasteiger partial charge in [0.2, 0.25) is 5.91 Å². The van der Waals surface area contributed by atoms with Crippen molar-refractivity contribution >= 4 is 35.3 Å². The lowest BCUT2D eigenvalue weighted by Gasteiger charge is -2.18. The summed E-state index contributed by atoms with van der Waals surface area (Å²) in [5, 5.41) is 4.30. The van der Waals surface area contributed by atoms with Crippen LogP contribution in [0.15, 0.2) is 96.1 Å². The van der Waals surface area contributed by atoms with Crippen LogP contribution in [0.2, 0.25) is 0 Å². The van der Waals surface area contributed by atoms with E-state index in [4.69, 9.17) is 23.2 Å². The topological polar surface area (TPSA) is 41.5 Å². The number of rotatable bonds is 6. The third kappa shape index (κ3) is 3.37. The SMILES string of the molecule is O=C(NN=CC1(c2ccccc2)CC1(Cl)Cl)C1CC1(c1ccccc1)c1ccccc1. The summed E-state index contributed by atoms with van der Waals surface area (Å²) in [5.41, 5.74) is 5.15. The molecule has 0 spiro atoms. The summed E-state index contributed by atoms with van der Waals surface area (Å²) in [7, 11) is 0. The number of benzene rings is 3. The van der Waals surface area contributed by atoms with E-state index in [9.17, 15) is 4.79 Å². The Bertz CT molecular complexity index is 1080.